The molecule has 0 radical (unpaired) electrons. The van der Waals surface area contributed by atoms with Gasteiger partial charge in [0.15, 0.2) is 11.6 Å². The van der Waals surface area contributed by atoms with Crippen LogP contribution in [0.1, 0.15) is 35.1 Å². The molecule has 0 bridgehead atoms. The van der Waals surface area contributed by atoms with Gasteiger partial charge in [0.05, 0.1) is 0 Å². The first-order valence-electron chi connectivity index (χ1n) is 5.86. The zero-order valence-electron chi connectivity index (χ0n) is 9.74. The molecule has 1 fully saturated rings. The Morgan fingerprint density at radius 3 is 3.35 bits per heavy atom. The molecule has 5 nitrogen and oxygen atoms in total. The van der Waals surface area contributed by atoms with Crippen molar-refractivity contribution in [1.29, 1.82) is 0 Å². The Balaban J connectivity index is 1.99. The van der Waals surface area contributed by atoms with Gasteiger partial charge in [-0.15, -0.1) is 6.58 Å². The molecule has 0 saturated carbocycles. The second-order valence-corrected chi connectivity index (χ2v) is 4.11. The minimum Gasteiger partial charge on any atom is -0.448 e. The number of amides is 1. The molecule has 5 heteroatoms. The van der Waals surface area contributed by atoms with Gasteiger partial charge in [-0.1, -0.05) is 6.08 Å². The zero-order chi connectivity index (χ0) is 12.1. The van der Waals surface area contributed by atoms with E-state index in [1.54, 1.807) is 6.08 Å². The Labute approximate surface area is 100 Å². The van der Waals surface area contributed by atoms with E-state index >= 15 is 0 Å². The van der Waals surface area contributed by atoms with Crippen LogP contribution in [0.25, 0.3) is 0 Å². The third-order valence-electron chi connectivity index (χ3n) is 2.81. The third kappa shape index (κ3) is 2.94. The van der Waals surface area contributed by atoms with E-state index in [9.17, 15) is 4.79 Å². The van der Waals surface area contributed by atoms with Crippen molar-refractivity contribution in [3.8, 4) is 0 Å². The predicted octanol–water partition coefficient (Wildman–Crippen LogP) is 1.06. The lowest BCUT2D eigenvalue weighted by Crippen LogP contribution is -2.28. The van der Waals surface area contributed by atoms with Gasteiger partial charge in [0.25, 0.3) is 5.91 Å². The summed E-state index contributed by atoms with van der Waals surface area (Å²) in [7, 11) is 0. The predicted molar refractivity (Wildman–Crippen MR) is 63.9 cm³/mol. The molecule has 2 heterocycles. The van der Waals surface area contributed by atoms with Crippen molar-refractivity contribution in [2.24, 2.45) is 0 Å². The van der Waals surface area contributed by atoms with Gasteiger partial charge < -0.3 is 15.1 Å². The second kappa shape index (κ2) is 5.63. The van der Waals surface area contributed by atoms with Crippen molar-refractivity contribution in [3.05, 3.63) is 30.5 Å². The molecular weight excluding hydrogens is 218 g/mol. The average Bonchev–Trinajstić information content (AvgIpc) is 2.86. The fourth-order valence-electron chi connectivity index (χ4n) is 1.90. The molecule has 17 heavy (non-hydrogen) atoms. The Morgan fingerprint density at radius 2 is 2.65 bits per heavy atom. The van der Waals surface area contributed by atoms with Crippen molar-refractivity contribution < 1.29 is 9.21 Å². The maximum atomic E-state index is 11.6. The summed E-state index contributed by atoms with van der Waals surface area (Å²) in [5.41, 5.74) is 0.340. The van der Waals surface area contributed by atoms with Gasteiger partial charge in [0.1, 0.15) is 6.26 Å². The molecular formula is C12H17N3O2. The van der Waals surface area contributed by atoms with E-state index < -0.39 is 0 Å². The molecule has 1 aliphatic heterocycles. The molecule has 0 aromatic carbocycles. The van der Waals surface area contributed by atoms with Gasteiger partial charge in [-0.25, -0.2) is 4.98 Å². The summed E-state index contributed by atoms with van der Waals surface area (Å²) in [6.07, 6.45) is 5.22. The first kappa shape index (κ1) is 11.9. The first-order valence-corrected chi connectivity index (χ1v) is 5.86. The van der Waals surface area contributed by atoms with Crippen LogP contribution in [0.4, 0.5) is 0 Å². The lowest BCUT2D eigenvalue weighted by atomic mass is 10.00. The van der Waals surface area contributed by atoms with Gasteiger partial charge in [-0.2, -0.15) is 0 Å². The van der Waals surface area contributed by atoms with E-state index in [0.717, 1.165) is 25.9 Å². The number of nitrogens with one attached hydrogen (secondary N) is 2. The Hall–Kier alpha value is -1.62. The van der Waals surface area contributed by atoms with Crippen LogP contribution in [-0.2, 0) is 0 Å². The smallest absolute Gasteiger partial charge is 0.273 e. The Morgan fingerprint density at radius 1 is 1.76 bits per heavy atom. The van der Waals surface area contributed by atoms with E-state index in [0.29, 0.717) is 18.1 Å². The summed E-state index contributed by atoms with van der Waals surface area (Å²) >= 11 is 0. The van der Waals surface area contributed by atoms with E-state index in [4.69, 9.17) is 4.42 Å². The van der Waals surface area contributed by atoms with E-state index in [2.05, 4.69) is 22.2 Å². The number of hydrogen-bond donors (Lipinski definition) is 2. The van der Waals surface area contributed by atoms with Crippen LogP contribution in [0.5, 0.6) is 0 Å². The highest BCUT2D eigenvalue weighted by Crippen LogP contribution is 2.22. The molecule has 1 aliphatic rings. The number of rotatable bonds is 4. The van der Waals surface area contributed by atoms with Crippen molar-refractivity contribution in [2.45, 2.75) is 18.8 Å². The van der Waals surface area contributed by atoms with E-state index in [1.807, 2.05) is 0 Å². The minimum absolute atomic E-state index is 0.219. The molecule has 1 unspecified atom stereocenters. The summed E-state index contributed by atoms with van der Waals surface area (Å²) < 4.78 is 5.37. The Kier molecular flexibility index (Phi) is 3.93. The van der Waals surface area contributed by atoms with Gasteiger partial charge in [0, 0.05) is 19.0 Å². The summed E-state index contributed by atoms with van der Waals surface area (Å²) in [6, 6.07) is 0. The molecule has 0 aliphatic carbocycles. The average molecular weight is 235 g/mol. The summed E-state index contributed by atoms with van der Waals surface area (Å²) in [5, 5.41) is 5.96. The largest absolute Gasteiger partial charge is 0.448 e. The minimum atomic E-state index is -0.219. The maximum absolute atomic E-state index is 11.6. The summed E-state index contributed by atoms with van der Waals surface area (Å²) in [4.78, 5) is 15.8. The fourth-order valence-corrected chi connectivity index (χ4v) is 1.90. The first-order chi connectivity index (χ1) is 8.31. The van der Waals surface area contributed by atoms with Crippen LogP contribution in [0.2, 0.25) is 0 Å². The lowest BCUT2D eigenvalue weighted by molar-refractivity contribution is 0.0953. The van der Waals surface area contributed by atoms with Crippen molar-refractivity contribution in [1.82, 2.24) is 15.6 Å². The van der Waals surface area contributed by atoms with Crippen LogP contribution in [0.15, 0.2) is 23.3 Å². The normalized spacial score (nSPS) is 19.9. The van der Waals surface area contributed by atoms with Crippen LogP contribution in [-0.4, -0.2) is 30.5 Å². The molecule has 1 aromatic rings. The summed E-state index contributed by atoms with van der Waals surface area (Å²) in [5.74, 6) is 0.717. The standard InChI is InChI=1S/C12H17N3O2/c1-2-5-14-11(16)10-8-17-12(15-10)9-4-3-6-13-7-9/h2,8-9,13H,1,3-7H2,(H,14,16). The van der Waals surface area contributed by atoms with Crippen molar-refractivity contribution in [3.63, 3.8) is 0 Å². The molecule has 1 aromatic heterocycles. The van der Waals surface area contributed by atoms with Crippen LogP contribution >= 0.6 is 0 Å². The molecule has 1 saturated heterocycles. The molecule has 2 N–H and O–H groups in total. The number of hydrogen-bond acceptors (Lipinski definition) is 4. The van der Waals surface area contributed by atoms with Crippen molar-refractivity contribution >= 4 is 5.91 Å². The lowest BCUT2D eigenvalue weighted by Gasteiger charge is -2.19. The monoisotopic (exact) mass is 235 g/mol. The van der Waals surface area contributed by atoms with Gasteiger partial charge >= 0.3 is 0 Å². The molecule has 1 amide bonds. The summed E-state index contributed by atoms with van der Waals surface area (Å²) in [6.45, 7) is 5.89. The fraction of sp³-hybridized carbons (Fsp3) is 0.500. The van der Waals surface area contributed by atoms with Gasteiger partial charge in [-0.05, 0) is 19.4 Å². The van der Waals surface area contributed by atoms with Crippen LogP contribution in [0.3, 0.4) is 0 Å². The SMILES string of the molecule is C=CCNC(=O)c1coc(C2CCCNC2)n1. The number of carbonyl (C=O) groups is 1. The highest BCUT2D eigenvalue weighted by Gasteiger charge is 2.21. The highest BCUT2D eigenvalue weighted by atomic mass is 16.3. The van der Waals surface area contributed by atoms with E-state index in [-0.39, 0.29) is 11.8 Å². The molecule has 1 atom stereocenters. The molecule has 2 rings (SSSR count). The molecule has 92 valence electrons. The zero-order valence-corrected chi connectivity index (χ0v) is 9.74. The highest BCUT2D eigenvalue weighted by molar-refractivity contribution is 5.91. The number of oxazole rings is 1. The second-order valence-electron chi connectivity index (χ2n) is 4.11. The number of carbonyl (C=O) groups excluding carboxylic acids is 1. The Bertz CT molecular complexity index is 394. The topological polar surface area (TPSA) is 67.2 Å². The number of piperidine rings is 1. The number of aromatic nitrogens is 1. The van der Waals surface area contributed by atoms with E-state index in [1.165, 1.54) is 6.26 Å². The van der Waals surface area contributed by atoms with Crippen LogP contribution in [0, 0.1) is 0 Å². The van der Waals surface area contributed by atoms with Gasteiger partial charge in [0.2, 0.25) is 0 Å². The molecule has 0 spiro atoms. The van der Waals surface area contributed by atoms with Crippen molar-refractivity contribution in [2.75, 3.05) is 19.6 Å². The number of nitrogens with zero attached hydrogens (tertiary/aromatic N) is 1. The maximum Gasteiger partial charge on any atom is 0.273 e. The van der Waals surface area contributed by atoms with Gasteiger partial charge in [-0.3, -0.25) is 4.79 Å². The quantitative estimate of drug-likeness (QED) is 0.766. The third-order valence-corrected chi connectivity index (χ3v) is 2.81. The van der Waals surface area contributed by atoms with Crippen LogP contribution < -0.4 is 10.6 Å².